The molecule has 2 heteroatoms. The molecule has 0 aliphatic carbocycles. The van der Waals surface area contributed by atoms with Gasteiger partial charge in [-0.2, -0.15) is 21.9 Å². The Kier molecular flexibility index (Phi) is 7.30. The average Bonchev–Trinajstić information content (AvgIpc) is 2.76. The van der Waals surface area contributed by atoms with Crippen molar-refractivity contribution in [3.8, 4) is 0 Å². The summed E-state index contributed by atoms with van der Waals surface area (Å²) in [5.74, 6) is 0. The lowest BCUT2D eigenvalue weighted by Gasteiger charge is -2.44. The quantitative estimate of drug-likeness (QED) is 0.341. The van der Waals surface area contributed by atoms with Gasteiger partial charge in [-0.05, 0) is 0 Å². The molecule has 0 atom stereocenters. The highest BCUT2D eigenvalue weighted by molar-refractivity contribution is 7.73. The zero-order valence-corrected chi connectivity index (χ0v) is 19.5. The second-order valence-electron chi connectivity index (χ2n) is 9.19. The summed E-state index contributed by atoms with van der Waals surface area (Å²) in [7, 11) is -0.389. The molecule has 0 bridgehead atoms. The third kappa shape index (κ3) is 5.29. The van der Waals surface area contributed by atoms with Gasteiger partial charge >= 0.3 is 0 Å². The monoisotopic (exact) mass is 410 g/mol. The third-order valence-corrected chi connectivity index (χ3v) is 5.20. The number of hydrogen-bond acceptors (Lipinski definition) is 0. The van der Waals surface area contributed by atoms with Crippen LogP contribution in [0.15, 0.2) is 121 Å². The summed E-state index contributed by atoms with van der Waals surface area (Å²) in [6.45, 7) is 9.19. The Morgan fingerprint density at radius 3 is 0.700 bits per heavy atom. The van der Waals surface area contributed by atoms with Gasteiger partial charge in [0, 0.05) is 33.9 Å². The molecule has 0 aliphatic heterocycles. The average molecular weight is 410 g/mol. The molecule has 0 unspecified atom stereocenters. The van der Waals surface area contributed by atoms with Gasteiger partial charge in [-0.25, -0.2) is 0 Å². The van der Waals surface area contributed by atoms with E-state index in [0.29, 0.717) is 0 Å². The summed E-state index contributed by atoms with van der Waals surface area (Å²) in [6, 6.07) is 43.5. The molecule has 0 fully saturated rings. The first-order valence-electron chi connectivity index (χ1n) is 10.6. The minimum absolute atomic E-state index is 0.389. The van der Waals surface area contributed by atoms with Gasteiger partial charge in [0.15, 0.2) is 0 Å². The van der Waals surface area contributed by atoms with Gasteiger partial charge in [-0.15, -0.1) is 0 Å². The summed E-state index contributed by atoms with van der Waals surface area (Å²) >= 11 is 0. The van der Waals surface area contributed by atoms with Crippen LogP contribution in [0, 0.1) is 0 Å². The van der Waals surface area contributed by atoms with Crippen molar-refractivity contribution in [2.75, 3.05) is 26.7 Å². The zero-order chi connectivity index (χ0) is 21.5. The number of benzene rings is 4. The molecule has 0 radical (unpaired) electrons. The Bertz CT molecular complexity index is 838. The summed E-state index contributed by atoms with van der Waals surface area (Å²) in [5, 5.41) is 0. The SMILES string of the molecule is C[P+](C)(C)C.c1ccc([B-](c2ccccc2)(c2ccccc2)c2ccccc2)cc1. The van der Waals surface area contributed by atoms with Crippen LogP contribution in [0.3, 0.4) is 0 Å². The van der Waals surface area contributed by atoms with Gasteiger partial charge in [0.05, 0.1) is 0 Å². The molecule has 0 amide bonds. The largest absolute Gasteiger partial charge is 0.195 e. The molecule has 0 spiro atoms. The standard InChI is InChI=1S/C24H20B.C4H12P/c1-5-13-21(14-6-1)25(22-15-7-2-8-16-22,23-17-9-3-10-18-23)24-19-11-4-12-20-24;1-5(2,3)4/h1-20H;1-4H3/q-1;+1. The van der Waals surface area contributed by atoms with Crippen molar-refractivity contribution in [3.05, 3.63) is 121 Å². The molecule has 0 saturated carbocycles. The molecule has 0 aromatic heterocycles. The lowest BCUT2D eigenvalue weighted by molar-refractivity contribution is 1.66. The minimum atomic E-state index is -1.22. The van der Waals surface area contributed by atoms with Gasteiger partial charge in [0.2, 0.25) is 0 Å². The van der Waals surface area contributed by atoms with E-state index in [9.17, 15) is 0 Å². The summed E-state index contributed by atoms with van der Waals surface area (Å²) in [5.41, 5.74) is 5.36. The molecule has 0 saturated heterocycles. The fraction of sp³-hybridized carbons (Fsp3) is 0.143. The van der Waals surface area contributed by atoms with Gasteiger partial charge < -0.3 is 0 Å². The smallest absolute Gasteiger partial charge is 0.108 e. The van der Waals surface area contributed by atoms with Crippen molar-refractivity contribution in [2.24, 2.45) is 0 Å². The first kappa shape index (κ1) is 22.1. The Morgan fingerprint density at radius 2 is 0.533 bits per heavy atom. The van der Waals surface area contributed by atoms with Crippen molar-refractivity contribution in [1.29, 1.82) is 0 Å². The Morgan fingerprint density at radius 1 is 0.367 bits per heavy atom. The molecule has 0 N–H and O–H groups in total. The van der Waals surface area contributed by atoms with E-state index in [4.69, 9.17) is 0 Å². The zero-order valence-electron chi connectivity index (χ0n) is 18.6. The fourth-order valence-corrected chi connectivity index (χ4v) is 4.12. The van der Waals surface area contributed by atoms with Crippen LogP contribution in [0.5, 0.6) is 0 Å². The lowest BCUT2D eigenvalue weighted by Crippen LogP contribution is -2.74. The van der Waals surface area contributed by atoms with Crippen LogP contribution in [-0.4, -0.2) is 32.8 Å². The van der Waals surface area contributed by atoms with Crippen molar-refractivity contribution in [2.45, 2.75) is 0 Å². The van der Waals surface area contributed by atoms with E-state index < -0.39 is 6.15 Å². The molecule has 4 aromatic carbocycles. The van der Waals surface area contributed by atoms with Gasteiger partial charge in [-0.3, -0.25) is 0 Å². The van der Waals surface area contributed by atoms with Crippen LogP contribution in [-0.2, 0) is 0 Å². The highest BCUT2D eigenvalue weighted by atomic mass is 31.2. The van der Waals surface area contributed by atoms with E-state index in [0.717, 1.165) is 0 Å². The maximum Gasteiger partial charge on any atom is 0.108 e. The predicted octanol–water partition coefficient (Wildman–Crippen LogP) is 4.59. The van der Waals surface area contributed by atoms with E-state index >= 15 is 0 Å². The number of rotatable bonds is 4. The van der Waals surface area contributed by atoms with Crippen molar-refractivity contribution in [3.63, 3.8) is 0 Å². The highest BCUT2D eigenvalue weighted by Gasteiger charge is 2.30. The topological polar surface area (TPSA) is 0 Å². The van der Waals surface area contributed by atoms with E-state index in [1.807, 2.05) is 0 Å². The second-order valence-corrected chi connectivity index (χ2v) is 14.6. The molecule has 0 aliphatic rings. The highest BCUT2D eigenvalue weighted by Crippen LogP contribution is 2.40. The van der Waals surface area contributed by atoms with Crippen LogP contribution in [0.4, 0.5) is 0 Å². The van der Waals surface area contributed by atoms with Crippen molar-refractivity contribution < 1.29 is 0 Å². The molecule has 30 heavy (non-hydrogen) atoms. The molecule has 152 valence electrons. The van der Waals surface area contributed by atoms with E-state index in [1.165, 1.54) is 21.9 Å². The maximum atomic E-state index is 2.30. The summed E-state index contributed by atoms with van der Waals surface area (Å²) in [6.07, 6.45) is -1.22. The molecular formula is C28H32BP. The summed E-state index contributed by atoms with van der Waals surface area (Å²) in [4.78, 5) is 0. The predicted molar refractivity (Wildman–Crippen MR) is 141 cm³/mol. The lowest BCUT2D eigenvalue weighted by atomic mass is 9.13. The number of hydrogen-bond donors (Lipinski definition) is 0. The third-order valence-electron chi connectivity index (χ3n) is 5.20. The van der Waals surface area contributed by atoms with Crippen LogP contribution in [0.2, 0.25) is 0 Å². The fourth-order valence-electron chi connectivity index (χ4n) is 4.12. The van der Waals surface area contributed by atoms with Crippen LogP contribution >= 0.6 is 7.26 Å². The second kappa shape index (κ2) is 9.92. The summed E-state index contributed by atoms with van der Waals surface area (Å²) < 4.78 is 0. The minimum Gasteiger partial charge on any atom is -0.195 e. The Balaban J connectivity index is 0.000000461. The van der Waals surface area contributed by atoms with Crippen molar-refractivity contribution in [1.82, 2.24) is 0 Å². The normalized spacial score (nSPS) is 11.3. The molecular weight excluding hydrogens is 378 g/mol. The van der Waals surface area contributed by atoms with Gasteiger partial charge in [0.25, 0.3) is 0 Å². The van der Waals surface area contributed by atoms with E-state index in [2.05, 4.69) is 148 Å². The molecule has 4 aromatic rings. The maximum absolute atomic E-state index is 2.30. The van der Waals surface area contributed by atoms with Crippen LogP contribution < -0.4 is 21.9 Å². The Hall–Kier alpha value is -2.63. The molecule has 4 rings (SSSR count). The first-order valence-corrected chi connectivity index (χ1v) is 14.2. The molecule has 0 nitrogen and oxygen atoms in total. The van der Waals surface area contributed by atoms with Crippen LogP contribution in [0.25, 0.3) is 0 Å². The van der Waals surface area contributed by atoms with Gasteiger partial charge in [-0.1, -0.05) is 121 Å². The van der Waals surface area contributed by atoms with E-state index in [-0.39, 0.29) is 7.26 Å². The Labute approximate surface area is 183 Å². The van der Waals surface area contributed by atoms with Crippen LogP contribution in [0.1, 0.15) is 0 Å². The molecule has 0 heterocycles. The first-order chi connectivity index (χ1) is 14.4. The van der Waals surface area contributed by atoms with Crippen molar-refractivity contribution >= 4 is 35.3 Å². The van der Waals surface area contributed by atoms with E-state index in [1.54, 1.807) is 0 Å². The van der Waals surface area contributed by atoms with Gasteiger partial charge in [0.1, 0.15) is 6.15 Å².